The van der Waals surface area contributed by atoms with Gasteiger partial charge >= 0.3 is 0 Å². The van der Waals surface area contributed by atoms with Gasteiger partial charge in [-0.2, -0.15) is 0 Å². The van der Waals surface area contributed by atoms with Crippen molar-refractivity contribution in [3.05, 3.63) is 94.2 Å². The summed E-state index contributed by atoms with van der Waals surface area (Å²) in [6, 6.07) is 14.5. The van der Waals surface area contributed by atoms with Gasteiger partial charge in [0, 0.05) is 33.6 Å². The lowest BCUT2D eigenvalue weighted by Gasteiger charge is -2.14. The summed E-state index contributed by atoms with van der Waals surface area (Å²) in [5.74, 6) is -0.564. The van der Waals surface area contributed by atoms with Crippen LogP contribution in [0.2, 0.25) is 0 Å². The first-order valence-corrected chi connectivity index (χ1v) is 12.5. The van der Waals surface area contributed by atoms with E-state index in [-0.39, 0.29) is 17.9 Å². The molecule has 1 aliphatic heterocycles. The predicted molar refractivity (Wildman–Crippen MR) is 138 cm³/mol. The lowest BCUT2D eigenvalue weighted by Crippen LogP contribution is -2.26. The molecule has 2 amide bonds. The molecule has 0 saturated carbocycles. The fourth-order valence-corrected chi connectivity index (χ4v) is 4.65. The van der Waals surface area contributed by atoms with Crippen LogP contribution in [0.15, 0.2) is 60.5 Å². The van der Waals surface area contributed by atoms with Crippen molar-refractivity contribution in [1.82, 2.24) is 10.3 Å². The maximum Gasteiger partial charge on any atom is 0.256 e. The zero-order chi connectivity index (χ0) is 25.3. The van der Waals surface area contributed by atoms with Gasteiger partial charge in [0.1, 0.15) is 0 Å². The third-order valence-electron chi connectivity index (χ3n) is 5.94. The summed E-state index contributed by atoms with van der Waals surface area (Å²) in [6.07, 6.45) is 1.66. The van der Waals surface area contributed by atoms with Crippen LogP contribution in [0.1, 0.15) is 51.4 Å². The summed E-state index contributed by atoms with van der Waals surface area (Å²) < 4.78 is 26.4. The monoisotopic (exact) mass is 490 g/mol. The van der Waals surface area contributed by atoms with Crippen molar-refractivity contribution >= 4 is 44.9 Å². The molecule has 4 rings (SSSR count). The van der Waals surface area contributed by atoms with E-state index in [0.29, 0.717) is 45.0 Å². The summed E-state index contributed by atoms with van der Waals surface area (Å²) in [6.45, 7) is 8.70. The Labute approximate surface area is 204 Å². The number of hydrogen-bond acceptors (Lipinski definition) is 4. The molecule has 8 nitrogen and oxygen atoms in total. The number of benzene rings is 2. The molecule has 3 aromatic rings. The highest BCUT2D eigenvalue weighted by molar-refractivity contribution is 7.95. The summed E-state index contributed by atoms with van der Waals surface area (Å²) in [7, 11) is -3.69. The summed E-state index contributed by atoms with van der Waals surface area (Å²) in [5.41, 5.74) is 5.18. The first-order chi connectivity index (χ1) is 16.6. The van der Waals surface area contributed by atoms with Gasteiger partial charge in [0.05, 0.1) is 17.3 Å². The molecule has 0 aliphatic carbocycles. The Morgan fingerprint density at radius 2 is 1.83 bits per heavy atom. The van der Waals surface area contributed by atoms with Crippen molar-refractivity contribution in [2.45, 2.75) is 26.8 Å². The van der Waals surface area contributed by atoms with E-state index >= 15 is 0 Å². The number of aromatic nitrogens is 1. The Bertz CT molecular complexity index is 1470. The molecule has 2 heterocycles. The van der Waals surface area contributed by atoms with Crippen LogP contribution in [0.25, 0.3) is 11.6 Å². The molecule has 0 bridgehead atoms. The molecule has 0 saturated heterocycles. The molecule has 0 radical (unpaired) electrons. The Hall–Kier alpha value is -4.11. The van der Waals surface area contributed by atoms with Crippen molar-refractivity contribution in [2.24, 2.45) is 0 Å². The number of nitrogens with one attached hydrogen (secondary N) is 4. The van der Waals surface area contributed by atoms with Gasteiger partial charge in [0.2, 0.25) is 0 Å². The van der Waals surface area contributed by atoms with E-state index in [2.05, 4.69) is 26.9 Å². The first kappa shape index (κ1) is 24.0. The number of rotatable bonds is 7. The van der Waals surface area contributed by atoms with E-state index in [4.69, 9.17) is 0 Å². The van der Waals surface area contributed by atoms with Crippen LogP contribution >= 0.6 is 0 Å². The molecule has 1 atom stereocenters. The van der Waals surface area contributed by atoms with E-state index in [1.807, 2.05) is 37.3 Å². The third-order valence-corrected chi connectivity index (χ3v) is 6.87. The number of carbonyl (C=O) groups is 2. The van der Waals surface area contributed by atoms with Crippen LogP contribution in [0.3, 0.4) is 0 Å². The number of anilines is 2. The second kappa shape index (κ2) is 9.27. The highest BCUT2D eigenvalue weighted by atomic mass is 32.2. The topological polar surface area (TPSA) is 120 Å². The fourth-order valence-electron chi connectivity index (χ4n) is 3.98. The van der Waals surface area contributed by atoms with Gasteiger partial charge in [0.15, 0.2) is 0 Å². The SMILES string of the molecule is C=CS(=O)(=O)Nc1c(C)[nH]c(/C=C2\C(=O)Nc3ccc(C(=O)N[C@H](C)c4ccccc4)cc32)c1C. The van der Waals surface area contributed by atoms with Crippen molar-refractivity contribution < 1.29 is 18.0 Å². The molecule has 0 spiro atoms. The molecular formula is C26H26N4O4S. The number of sulfonamides is 1. The number of fused-ring (bicyclic) bond motifs is 1. The Morgan fingerprint density at radius 1 is 1.11 bits per heavy atom. The Morgan fingerprint density at radius 3 is 2.51 bits per heavy atom. The molecule has 0 unspecified atom stereocenters. The number of aryl methyl sites for hydroxylation is 1. The molecular weight excluding hydrogens is 464 g/mol. The van der Waals surface area contributed by atoms with Crippen LogP contribution in [0.4, 0.5) is 11.4 Å². The highest BCUT2D eigenvalue weighted by Crippen LogP contribution is 2.35. The molecule has 180 valence electrons. The minimum absolute atomic E-state index is 0.186. The number of carbonyl (C=O) groups excluding carboxylic acids is 2. The minimum Gasteiger partial charge on any atom is -0.357 e. The molecule has 0 fully saturated rings. The number of amides is 2. The van der Waals surface area contributed by atoms with Gasteiger partial charge in [-0.3, -0.25) is 14.3 Å². The fraction of sp³-hybridized carbons (Fsp3) is 0.154. The third kappa shape index (κ3) is 4.90. The smallest absolute Gasteiger partial charge is 0.256 e. The van der Waals surface area contributed by atoms with Crippen LogP contribution in [-0.2, 0) is 14.8 Å². The van der Waals surface area contributed by atoms with Gasteiger partial charge in [-0.25, -0.2) is 8.42 Å². The summed E-state index contributed by atoms with van der Waals surface area (Å²) in [4.78, 5) is 28.8. The first-order valence-electron chi connectivity index (χ1n) is 11.0. The number of hydrogen-bond donors (Lipinski definition) is 4. The van der Waals surface area contributed by atoms with Gasteiger partial charge in [-0.15, -0.1) is 0 Å². The molecule has 35 heavy (non-hydrogen) atoms. The van der Waals surface area contributed by atoms with Crippen LogP contribution in [0.5, 0.6) is 0 Å². The average Bonchev–Trinajstić information content (AvgIpc) is 3.29. The normalized spacial score (nSPS) is 14.8. The second-order valence-corrected chi connectivity index (χ2v) is 9.98. The van der Waals surface area contributed by atoms with Gasteiger partial charge in [0.25, 0.3) is 21.8 Å². The van der Waals surface area contributed by atoms with Crippen LogP contribution in [-0.4, -0.2) is 25.2 Å². The maximum atomic E-state index is 12.9. The Kier molecular flexibility index (Phi) is 6.36. The van der Waals surface area contributed by atoms with Crippen molar-refractivity contribution in [3.63, 3.8) is 0 Å². The van der Waals surface area contributed by atoms with Gasteiger partial charge < -0.3 is 15.6 Å². The second-order valence-electron chi connectivity index (χ2n) is 8.36. The van der Waals surface area contributed by atoms with E-state index in [1.54, 1.807) is 38.1 Å². The molecule has 9 heteroatoms. The van der Waals surface area contributed by atoms with Crippen molar-refractivity contribution in [2.75, 3.05) is 10.0 Å². The molecule has 4 N–H and O–H groups in total. The van der Waals surface area contributed by atoms with Gasteiger partial charge in [-0.05, 0) is 56.2 Å². The highest BCUT2D eigenvalue weighted by Gasteiger charge is 2.26. The number of H-pyrrole nitrogens is 1. The van der Waals surface area contributed by atoms with E-state index in [9.17, 15) is 18.0 Å². The van der Waals surface area contributed by atoms with Gasteiger partial charge in [-0.1, -0.05) is 36.9 Å². The van der Waals surface area contributed by atoms with E-state index < -0.39 is 10.0 Å². The summed E-state index contributed by atoms with van der Waals surface area (Å²) in [5, 5.41) is 6.63. The van der Waals surface area contributed by atoms with Crippen LogP contribution in [0, 0.1) is 13.8 Å². The predicted octanol–water partition coefficient (Wildman–Crippen LogP) is 4.50. The van der Waals surface area contributed by atoms with E-state index in [1.165, 1.54) is 0 Å². The standard InChI is InChI=1S/C26H26N4O4S/c1-5-35(33,34)30-24-15(2)23(27-17(24)4)14-21-20-13-19(11-12-22(20)29-26(21)32)25(31)28-16(3)18-9-7-6-8-10-18/h5-14,16,27,30H,1H2,2-4H3,(H,28,31)(H,29,32)/b21-14-/t16-/m1/s1. The zero-order valence-electron chi connectivity index (χ0n) is 19.6. The number of aromatic amines is 1. The lowest BCUT2D eigenvalue weighted by atomic mass is 10.0. The average molecular weight is 491 g/mol. The zero-order valence-corrected chi connectivity index (χ0v) is 20.4. The van der Waals surface area contributed by atoms with Crippen LogP contribution < -0.4 is 15.4 Å². The van der Waals surface area contributed by atoms with Crippen molar-refractivity contribution in [1.29, 1.82) is 0 Å². The molecule has 1 aromatic heterocycles. The largest absolute Gasteiger partial charge is 0.357 e. The lowest BCUT2D eigenvalue weighted by molar-refractivity contribution is -0.110. The quantitative estimate of drug-likeness (QED) is 0.365. The van der Waals surface area contributed by atoms with E-state index in [0.717, 1.165) is 11.0 Å². The summed E-state index contributed by atoms with van der Waals surface area (Å²) >= 11 is 0. The Balaban J connectivity index is 1.65. The minimum atomic E-state index is -3.69. The maximum absolute atomic E-state index is 12.9. The van der Waals surface area contributed by atoms with Crippen molar-refractivity contribution in [3.8, 4) is 0 Å². The molecule has 1 aliphatic rings. The molecule has 2 aromatic carbocycles.